The van der Waals surface area contributed by atoms with Crippen molar-refractivity contribution in [3.8, 4) is 0 Å². The Morgan fingerprint density at radius 3 is 3.04 bits per heavy atom. The second-order valence-corrected chi connectivity index (χ2v) is 6.19. The van der Waals surface area contributed by atoms with Gasteiger partial charge in [-0.1, -0.05) is 0 Å². The number of ether oxygens (including phenoxy) is 1. The molecule has 0 bridgehead atoms. The molecule has 3 rings (SSSR count). The molecular formula is C17H26N6O. The summed E-state index contributed by atoms with van der Waals surface area (Å²) in [7, 11) is 1.96. The maximum absolute atomic E-state index is 5.97. The predicted octanol–water partition coefficient (Wildman–Crippen LogP) is 0.980. The van der Waals surface area contributed by atoms with Gasteiger partial charge >= 0.3 is 0 Å². The van der Waals surface area contributed by atoms with Crippen LogP contribution in [-0.2, 0) is 18.2 Å². The molecule has 0 saturated carbocycles. The highest BCUT2D eigenvalue weighted by atomic mass is 16.5. The minimum Gasteiger partial charge on any atom is -0.374 e. The Labute approximate surface area is 143 Å². The van der Waals surface area contributed by atoms with Crippen LogP contribution in [0, 0.1) is 0 Å². The Morgan fingerprint density at radius 2 is 2.33 bits per heavy atom. The molecule has 7 nitrogen and oxygen atoms in total. The Balaban J connectivity index is 1.51. The molecule has 1 atom stereocenters. The molecule has 0 N–H and O–H groups in total. The van der Waals surface area contributed by atoms with Gasteiger partial charge in [0.25, 0.3) is 0 Å². The summed E-state index contributed by atoms with van der Waals surface area (Å²) in [6.07, 6.45) is 6.97. The van der Waals surface area contributed by atoms with E-state index in [0.29, 0.717) is 0 Å². The van der Waals surface area contributed by atoms with E-state index in [1.54, 1.807) is 6.20 Å². The molecule has 130 valence electrons. The van der Waals surface area contributed by atoms with Crippen molar-refractivity contribution in [1.82, 2.24) is 24.9 Å². The van der Waals surface area contributed by atoms with Crippen LogP contribution in [0.1, 0.15) is 12.5 Å². The third-order valence-electron chi connectivity index (χ3n) is 4.39. The second kappa shape index (κ2) is 8.21. The molecule has 7 heteroatoms. The number of rotatable bonds is 7. The zero-order valence-electron chi connectivity index (χ0n) is 14.5. The van der Waals surface area contributed by atoms with E-state index in [0.717, 1.165) is 51.6 Å². The van der Waals surface area contributed by atoms with Gasteiger partial charge in [-0.2, -0.15) is 10.2 Å². The Kier molecular flexibility index (Phi) is 5.77. The third-order valence-corrected chi connectivity index (χ3v) is 4.39. The van der Waals surface area contributed by atoms with E-state index in [-0.39, 0.29) is 6.10 Å². The summed E-state index contributed by atoms with van der Waals surface area (Å²) in [5, 5.41) is 12.4. The fourth-order valence-corrected chi connectivity index (χ4v) is 3.07. The lowest BCUT2D eigenvalue weighted by Gasteiger charge is -2.35. The van der Waals surface area contributed by atoms with Crippen molar-refractivity contribution in [2.45, 2.75) is 19.4 Å². The number of morpholine rings is 1. The van der Waals surface area contributed by atoms with Crippen LogP contribution in [0.2, 0.25) is 0 Å². The smallest absolute Gasteiger partial charge is 0.151 e. The molecule has 0 radical (unpaired) electrons. The highest BCUT2D eigenvalue weighted by molar-refractivity contribution is 5.36. The van der Waals surface area contributed by atoms with Crippen LogP contribution in [0.4, 0.5) is 5.82 Å². The third kappa shape index (κ3) is 4.52. The van der Waals surface area contributed by atoms with E-state index in [4.69, 9.17) is 4.74 Å². The van der Waals surface area contributed by atoms with Crippen molar-refractivity contribution in [3.63, 3.8) is 0 Å². The van der Waals surface area contributed by atoms with Gasteiger partial charge in [0.1, 0.15) is 0 Å². The van der Waals surface area contributed by atoms with Gasteiger partial charge in [-0.05, 0) is 31.0 Å². The molecule has 0 amide bonds. The molecule has 0 spiro atoms. The molecular weight excluding hydrogens is 304 g/mol. The van der Waals surface area contributed by atoms with Gasteiger partial charge < -0.3 is 9.64 Å². The van der Waals surface area contributed by atoms with Gasteiger partial charge in [-0.15, -0.1) is 5.10 Å². The molecule has 2 aromatic heterocycles. The number of likely N-dealkylation sites (N-methyl/N-ethyl adjacent to an activating group) is 1. The number of hydrogen-bond acceptors (Lipinski definition) is 6. The molecule has 2 aromatic rings. The molecule has 1 fully saturated rings. The molecule has 0 unspecified atom stereocenters. The summed E-state index contributed by atoms with van der Waals surface area (Å²) in [5.74, 6) is 0.913. The predicted molar refractivity (Wildman–Crippen MR) is 93.0 cm³/mol. The molecule has 24 heavy (non-hydrogen) atoms. The van der Waals surface area contributed by atoms with Gasteiger partial charge in [-0.25, -0.2) is 0 Å². The lowest BCUT2D eigenvalue weighted by molar-refractivity contribution is -0.0234. The van der Waals surface area contributed by atoms with E-state index in [1.807, 2.05) is 30.1 Å². The Bertz CT molecular complexity index is 617. The summed E-state index contributed by atoms with van der Waals surface area (Å²) in [6.45, 7) is 7.66. The van der Waals surface area contributed by atoms with Crippen LogP contribution in [0.15, 0.2) is 30.7 Å². The van der Waals surface area contributed by atoms with Crippen LogP contribution in [0.3, 0.4) is 0 Å². The van der Waals surface area contributed by atoms with Crippen LogP contribution in [-0.4, -0.2) is 70.3 Å². The van der Waals surface area contributed by atoms with Crippen molar-refractivity contribution in [3.05, 3.63) is 36.3 Å². The van der Waals surface area contributed by atoms with Crippen LogP contribution < -0.4 is 4.90 Å². The quantitative estimate of drug-likeness (QED) is 0.754. The monoisotopic (exact) mass is 330 g/mol. The van der Waals surface area contributed by atoms with E-state index in [1.165, 1.54) is 5.56 Å². The fourth-order valence-electron chi connectivity index (χ4n) is 3.07. The first-order valence-electron chi connectivity index (χ1n) is 8.58. The molecule has 1 aliphatic rings. The highest BCUT2D eigenvalue weighted by Gasteiger charge is 2.23. The SMILES string of the molecule is CCN(C[C@@H]1CN(CCc2cnn(C)c2)CCO1)c1cccnn1. The number of aromatic nitrogens is 4. The Hall–Kier alpha value is -1.99. The zero-order chi connectivity index (χ0) is 16.8. The summed E-state index contributed by atoms with van der Waals surface area (Å²) < 4.78 is 7.83. The van der Waals surface area contributed by atoms with Gasteiger partial charge in [0.05, 0.1) is 18.9 Å². The van der Waals surface area contributed by atoms with Crippen molar-refractivity contribution in [2.24, 2.45) is 7.05 Å². The van der Waals surface area contributed by atoms with Gasteiger partial charge in [0.2, 0.25) is 0 Å². The average Bonchev–Trinajstić information content (AvgIpc) is 3.04. The first-order valence-corrected chi connectivity index (χ1v) is 8.58. The van der Waals surface area contributed by atoms with Crippen molar-refractivity contribution < 1.29 is 4.74 Å². The second-order valence-electron chi connectivity index (χ2n) is 6.19. The van der Waals surface area contributed by atoms with Crippen LogP contribution in [0.25, 0.3) is 0 Å². The van der Waals surface area contributed by atoms with Crippen molar-refractivity contribution in [2.75, 3.05) is 44.2 Å². The number of aryl methyl sites for hydroxylation is 1. The maximum atomic E-state index is 5.97. The number of hydrogen-bond donors (Lipinski definition) is 0. The zero-order valence-corrected chi connectivity index (χ0v) is 14.5. The van der Waals surface area contributed by atoms with Gasteiger partial charge in [-0.3, -0.25) is 9.58 Å². The first kappa shape index (κ1) is 16.9. The largest absolute Gasteiger partial charge is 0.374 e. The molecule has 0 aromatic carbocycles. The molecule has 3 heterocycles. The van der Waals surface area contributed by atoms with Crippen molar-refractivity contribution in [1.29, 1.82) is 0 Å². The first-order chi connectivity index (χ1) is 11.7. The maximum Gasteiger partial charge on any atom is 0.151 e. The van der Waals surface area contributed by atoms with E-state index in [9.17, 15) is 0 Å². The summed E-state index contributed by atoms with van der Waals surface area (Å²) >= 11 is 0. The summed E-state index contributed by atoms with van der Waals surface area (Å²) in [4.78, 5) is 4.70. The molecule has 1 saturated heterocycles. The normalized spacial score (nSPS) is 18.7. The molecule has 0 aliphatic carbocycles. The minimum absolute atomic E-state index is 0.203. The van der Waals surface area contributed by atoms with Gasteiger partial charge in [0, 0.05) is 52.2 Å². The summed E-state index contributed by atoms with van der Waals surface area (Å²) in [6, 6.07) is 3.92. The van der Waals surface area contributed by atoms with E-state index < -0.39 is 0 Å². The van der Waals surface area contributed by atoms with Crippen LogP contribution >= 0.6 is 0 Å². The van der Waals surface area contributed by atoms with E-state index >= 15 is 0 Å². The van der Waals surface area contributed by atoms with E-state index in [2.05, 4.69) is 38.2 Å². The number of anilines is 1. The standard InChI is InChI=1S/C17H26N6O/c1-3-23(17-5-4-7-18-20-17)14-16-13-22(9-10-24-16)8-6-15-11-19-21(2)12-15/h4-5,7,11-12,16H,3,6,8-10,13-14H2,1-2H3/t16-/m0/s1. The average molecular weight is 330 g/mol. The topological polar surface area (TPSA) is 59.3 Å². The highest BCUT2D eigenvalue weighted by Crippen LogP contribution is 2.13. The lowest BCUT2D eigenvalue weighted by atomic mass is 10.2. The molecule has 1 aliphatic heterocycles. The van der Waals surface area contributed by atoms with Crippen LogP contribution in [0.5, 0.6) is 0 Å². The minimum atomic E-state index is 0.203. The fraction of sp³-hybridized carbons (Fsp3) is 0.588. The number of nitrogens with zero attached hydrogens (tertiary/aromatic N) is 6. The lowest BCUT2D eigenvalue weighted by Crippen LogP contribution is -2.48. The Morgan fingerprint density at radius 1 is 1.42 bits per heavy atom. The van der Waals surface area contributed by atoms with Crippen molar-refractivity contribution >= 4 is 5.82 Å². The van der Waals surface area contributed by atoms with Gasteiger partial charge in [0.15, 0.2) is 5.82 Å². The summed E-state index contributed by atoms with van der Waals surface area (Å²) in [5.41, 5.74) is 1.29.